The van der Waals surface area contributed by atoms with E-state index in [2.05, 4.69) is 34.6 Å². The zero-order valence-corrected chi connectivity index (χ0v) is 14.4. The number of nitrogens with one attached hydrogen (secondary N) is 2. The number of H-pyrrole nitrogens is 1. The second-order valence-electron chi connectivity index (χ2n) is 7.11. The number of carbonyl (C=O) groups is 1. The molecule has 1 aliphatic carbocycles. The fraction of sp³-hybridized carbons (Fsp3) is 0.318. The fourth-order valence-electron chi connectivity index (χ4n) is 3.86. The summed E-state index contributed by atoms with van der Waals surface area (Å²) in [6.07, 6.45) is 6.91. The first-order chi connectivity index (χ1) is 12.3. The molecule has 1 fully saturated rings. The van der Waals surface area contributed by atoms with Crippen molar-refractivity contribution in [2.75, 3.05) is 5.32 Å². The van der Waals surface area contributed by atoms with E-state index < -0.39 is 0 Å². The van der Waals surface area contributed by atoms with Crippen molar-refractivity contribution in [3.63, 3.8) is 0 Å². The highest BCUT2D eigenvalue weighted by molar-refractivity contribution is 5.92. The molecule has 128 valence electrons. The summed E-state index contributed by atoms with van der Waals surface area (Å²) in [6, 6.07) is 18.5. The summed E-state index contributed by atoms with van der Waals surface area (Å²) in [7, 11) is 0. The fourth-order valence-corrected chi connectivity index (χ4v) is 3.86. The van der Waals surface area contributed by atoms with Crippen molar-refractivity contribution >= 4 is 22.5 Å². The molecular formula is C22H24N2O. The van der Waals surface area contributed by atoms with Crippen LogP contribution in [0.25, 0.3) is 22.2 Å². The monoisotopic (exact) mass is 332 g/mol. The van der Waals surface area contributed by atoms with Crippen LogP contribution < -0.4 is 5.32 Å². The highest BCUT2D eigenvalue weighted by Gasteiger charge is 2.17. The normalized spacial score (nSPS) is 15.4. The molecule has 0 spiro atoms. The Morgan fingerprint density at radius 1 is 1.00 bits per heavy atom. The molecule has 4 rings (SSSR count). The molecule has 0 aliphatic heterocycles. The summed E-state index contributed by atoms with van der Waals surface area (Å²) >= 11 is 0. The van der Waals surface area contributed by atoms with Crippen molar-refractivity contribution in [3.05, 3.63) is 54.6 Å². The van der Waals surface area contributed by atoms with Crippen LogP contribution in [0.1, 0.15) is 38.5 Å². The molecule has 2 N–H and O–H groups in total. The van der Waals surface area contributed by atoms with E-state index in [1.807, 2.05) is 30.3 Å². The number of amides is 1. The van der Waals surface area contributed by atoms with E-state index in [9.17, 15) is 4.79 Å². The summed E-state index contributed by atoms with van der Waals surface area (Å²) in [4.78, 5) is 15.8. The average Bonchev–Trinajstić information content (AvgIpc) is 3.07. The number of rotatable bonds is 4. The van der Waals surface area contributed by atoms with Gasteiger partial charge in [0.05, 0.1) is 0 Å². The van der Waals surface area contributed by atoms with Gasteiger partial charge in [0.25, 0.3) is 0 Å². The summed E-state index contributed by atoms with van der Waals surface area (Å²) in [6.45, 7) is 0. The van der Waals surface area contributed by atoms with E-state index in [1.54, 1.807) is 0 Å². The van der Waals surface area contributed by atoms with Crippen LogP contribution in [0.3, 0.4) is 0 Å². The number of hydrogen-bond acceptors (Lipinski definition) is 1. The second-order valence-corrected chi connectivity index (χ2v) is 7.11. The number of carbonyl (C=O) groups excluding carboxylic acids is 1. The molecule has 0 saturated heterocycles. The highest BCUT2D eigenvalue weighted by Crippen LogP contribution is 2.28. The van der Waals surface area contributed by atoms with Gasteiger partial charge >= 0.3 is 0 Å². The van der Waals surface area contributed by atoms with E-state index in [-0.39, 0.29) is 5.91 Å². The van der Waals surface area contributed by atoms with Gasteiger partial charge in [-0.3, -0.25) is 4.79 Å². The first-order valence-electron chi connectivity index (χ1n) is 9.26. The van der Waals surface area contributed by atoms with Gasteiger partial charge in [0.2, 0.25) is 5.91 Å². The minimum Gasteiger partial charge on any atom is -0.355 e. The molecule has 0 atom stereocenters. The highest BCUT2D eigenvalue weighted by atomic mass is 16.1. The predicted molar refractivity (Wildman–Crippen MR) is 104 cm³/mol. The van der Waals surface area contributed by atoms with Crippen molar-refractivity contribution in [1.29, 1.82) is 0 Å². The minimum absolute atomic E-state index is 0.140. The van der Waals surface area contributed by atoms with Crippen LogP contribution in [0.2, 0.25) is 0 Å². The first-order valence-corrected chi connectivity index (χ1v) is 9.26. The van der Waals surface area contributed by atoms with Crippen molar-refractivity contribution in [2.24, 2.45) is 5.92 Å². The van der Waals surface area contributed by atoms with Gasteiger partial charge in [0.1, 0.15) is 0 Å². The maximum Gasteiger partial charge on any atom is 0.224 e. The largest absolute Gasteiger partial charge is 0.355 e. The Labute approximate surface area is 148 Å². The van der Waals surface area contributed by atoms with Gasteiger partial charge in [0.15, 0.2) is 0 Å². The zero-order valence-electron chi connectivity index (χ0n) is 14.4. The van der Waals surface area contributed by atoms with Crippen LogP contribution in [0.15, 0.2) is 54.6 Å². The van der Waals surface area contributed by atoms with Gasteiger partial charge in [-0.25, -0.2) is 0 Å². The molecule has 1 aliphatic rings. The lowest BCUT2D eigenvalue weighted by molar-refractivity contribution is -0.117. The van der Waals surface area contributed by atoms with Crippen LogP contribution in [0.4, 0.5) is 5.69 Å². The smallest absolute Gasteiger partial charge is 0.224 e. The number of fused-ring (bicyclic) bond motifs is 1. The third-order valence-corrected chi connectivity index (χ3v) is 5.19. The lowest BCUT2D eigenvalue weighted by Gasteiger charge is -2.20. The molecule has 1 aromatic heterocycles. The predicted octanol–water partition coefficient (Wildman–Crippen LogP) is 5.74. The Morgan fingerprint density at radius 2 is 1.84 bits per heavy atom. The molecular weight excluding hydrogens is 308 g/mol. The third-order valence-electron chi connectivity index (χ3n) is 5.19. The number of aromatic amines is 1. The van der Waals surface area contributed by atoms with E-state index in [4.69, 9.17) is 0 Å². The molecule has 3 aromatic rings. The Bertz CT molecular complexity index is 841. The first kappa shape index (κ1) is 15.9. The molecule has 3 heteroatoms. The number of benzene rings is 2. The van der Waals surface area contributed by atoms with Gasteiger partial charge in [0, 0.05) is 34.3 Å². The quantitative estimate of drug-likeness (QED) is 0.628. The van der Waals surface area contributed by atoms with Gasteiger partial charge in [-0.15, -0.1) is 0 Å². The SMILES string of the molecule is O=C(CC1CCCCC1)Nc1cccc(-c2cc3ccccc3[nH]2)c1. The van der Waals surface area contributed by atoms with Gasteiger partial charge in [-0.1, -0.05) is 49.6 Å². The van der Waals surface area contributed by atoms with Crippen molar-refractivity contribution in [1.82, 2.24) is 4.98 Å². The molecule has 3 nitrogen and oxygen atoms in total. The average molecular weight is 332 g/mol. The molecule has 1 saturated carbocycles. The number of hydrogen-bond donors (Lipinski definition) is 2. The molecule has 0 unspecified atom stereocenters. The molecule has 25 heavy (non-hydrogen) atoms. The summed E-state index contributed by atoms with van der Waals surface area (Å²) < 4.78 is 0. The molecule has 0 radical (unpaired) electrons. The minimum atomic E-state index is 0.140. The molecule has 0 bridgehead atoms. The number of aromatic nitrogens is 1. The standard InChI is InChI=1S/C22H24N2O/c25-22(13-16-7-2-1-3-8-16)23-19-11-6-10-17(14-19)21-15-18-9-4-5-12-20(18)24-21/h4-6,9-12,14-16,24H,1-3,7-8,13H2,(H,23,25). The van der Waals surface area contributed by atoms with Crippen molar-refractivity contribution < 1.29 is 4.79 Å². The zero-order chi connectivity index (χ0) is 17.1. The van der Waals surface area contributed by atoms with Crippen LogP contribution in [-0.2, 0) is 4.79 Å². The van der Waals surface area contributed by atoms with Crippen LogP contribution in [0, 0.1) is 5.92 Å². The number of para-hydroxylation sites is 1. The Balaban J connectivity index is 1.48. The van der Waals surface area contributed by atoms with Gasteiger partial charge < -0.3 is 10.3 Å². The van der Waals surface area contributed by atoms with Crippen LogP contribution in [0.5, 0.6) is 0 Å². The Hall–Kier alpha value is -2.55. The van der Waals surface area contributed by atoms with Crippen molar-refractivity contribution in [3.8, 4) is 11.3 Å². The maximum atomic E-state index is 12.4. The Kier molecular flexibility index (Phi) is 4.55. The Morgan fingerprint density at radius 3 is 2.68 bits per heavy atom. The third kappa shape index (κ3) is 3.76. The number of anilines is 1. The van der Waals surface area contributed by atoms with Gasteiger partial charge in [-0.2, -0.15) is 0 Å². The van der Waals surface area contributed by atoms with Gasteiger partial charge in [-0.05, 0) is 43.0 Å². The second kappa shape index (κ2) is 7.14. The van der Waals surface area contributed by atoms with Crippen molar-refractivity contribution in [2.45, 2.75) is 38.5 Å². The topological polar surface area (TPSA) is 44.9 Å². The molecule has 1 amide bonds. The van der Waals surface area contributed by atoms with E-state index in [0.717, 1.165) is 22.5 Å². The molecule has 2 aromatic carbocycles. The maximum absolute atomic E-state index is 12.4. The van der Waals surface area contributed by atoms with E-state index in [0.29, 0.717) is 12.3 Å². The van der Waals surface area contributed by atoms with Crippen LogP contribution >= 0.6 is 0 Å². The molecule has 1 heterocycles. The lowest BCUT2D eigenvalue weighted by Crippen LogP contribution is -2.18. The summed E-state index contributed by atoms with van der Waals surface area (Å²) in [5, 5.41) is 4.28. The lowest BCUT2D eigenvalue weighted by atomic mass is 9.87. The van der Waals surface area contributed by atoms with E-state index in [1.165, 1.54) is 37.5 Å². The summed E-state index contributed by atoms with van der Waals surface area (Å²) in [5.74, 6) is 0.700. The summed E-state index contributed by atoms with van der Waals surface area (Å²) in [5.41, 5.74) is 4.16. The van der Waals surface area contributed by atoms with Crippen LogP contribution in [-0.4, -0.2) is 10.9 Å². The van der Waals surface area contributed by atoms with E-state index >= 15 is 0 Å².